The van der Waals surface area contributed by atoms with Gasteiger partial charge >= 0.3 is 0 Å². The molecule has 12 heteroatoms. The molecule has 3 heterocycles. The van der Waals surface area contributed by atoms with Crippen molar-refractivity contribution in [3.63, 3.8) is 0 Å². The van der Waals surface area contributed by atoms with E-state index in [0.717, 1.165) is 61.6 Å². The van der Waals surface area contributed by atoms with E-state index in [1.165, 1.54) is 0 Å². The van der Waals surface area contributed by atoms with Crippen LogP contribution in [0.5, 0.6) is 0 Å². The number of carbonyl (C=O) groups is 3. The Hall–Kier alpha value is -5.23. The lowest BCUT2D eigenvalue weighted by atomic mass is 10.1. The highest BCUT2D eigenvalue weighted by molar-refractivity contribution is 6.01. The lowest BCUT2D eigenvalue weighted by molar-refractivity contribution is -0.00314. The SMILES string of the molecule is CCCN1c2nc(-c3ccc(NCc4ccc(CNC(=O)c5cccc(C(=O)N(C6CC6)C6CC6)c5)cc4)nc3)[nH]c2C(=O)N(C2CC2)C1O. The molecular weight excluding hydrogens is 632 g/mol. The van der Waals surface area contributed by atoms with Crippen LogP contribution in [0, 0.1) is 0 Å². The third kappa shape index (κ3) is 6.55. The van der Waals surface area contributed by atoms with Crippen molar-refractivity contribution in [3.05, 3.63) is 94.8 Å². The number of aromatic nitrogens is 3. The summed E-state index contributed by atoms with van der Waals surface area (Å²) in [5.74, 6) is 1.31. The fourth-order valence-corrected chi connectivity index (χ4v) is 6.69. The number of nitrogens with zero attached hydrogens (tertiary/aromatic N) is 5. The second kappa shape index (κ2) is 13.2. The van der Waals surface area contributed by atoms with E-state index >= 15 is 0 Å². The first-order chi connectivity index (χ1) is 24.4. The average Bonchev–Trinajstić information content (AvgIpc) is 4.01. The summed E-state index contributed by atoms with van der Waals surface area (Å²) in [6.07, 6.45) is 7.62. The van der Waals surface area contributed by atoms with Gasteiger partial charge in [-0.15, -0.1) is 0 Å². The van der Waals surface area contributed by atoms with Crippen LogP contribution < -0.4 is 15.5 Å². The number of fused-ring (bicyclic) bond motifs is 1. The van der Waals surface area contributed by atoms with E-state index in [2.05, 4.69) is 20.6 Å². The van der Waals surface area contributed by atoms with E-state index in [-0.39, 0.29) is 23.8 Å². The number of H-pyrrole nitrogens is 1. The molecule has 8 rings (SSSR count). The lowest BCUT2D eigenvalue weighted by Crippen LogP contribution is -2.56. The molecule has 50 heavy (non-hydrogen) atoms. The van der Waals surface area contributed by atoms with Crippen molar-refractivity contribution in [2.45, 2.75) is 89.4 Å². The maximum absolute atomic E-state index is 13.2. The standard InChI is InChI=1S/C38H42N8O4/c1-2-18-44-34-32(37(49)46(38(44)50)30-15-16-30)42-33(43-34)27-10-17-31(40-22-27)39-20-23-6-8-24(9-7-23)21-41-35(47)25-4-3-5-26(19-25)36(48)45(28-11-12-28)29-13-14-29/h3-10,17,19,22,28-30,38,50H,2,11-16,18,20-21H2,1H3,(H,39,40)(H,41,47)(H,42,43). The molecule has 4 aromatic rings. The maximum Gasteiger partial charge on any atom is 0.277 e. The highest BCUT2D eigenvalue weighted by Crippen LogP contribution is 2.39. The van der Waals surface area contributed by atoms with Crippen LogP contribution in [0.15, 0.2) is 66.9 Å². The van der Waals surface area contributed by atoms with Crippen molar-refractivity contribution in [1.82, 2.24) is 30.1 Å². The summed E-state index contributed by atoms with van der Waals surface area (Å²) >= 11 is 0. The van der Waals surface area contributed by atoms with E-state index < -0.39 is 6.35 Å². The van der Waals surface area contributed by atoms with E-state index in [1.807, 2.05) is 48.2 Å². The molecule has 3 amide bonds. The number of hydrogen-bond donors (Lipinski definition) is 4. The average molecular weight is 675 g/mol. The van der Waals surface area contributed by atoms with Crippen LogP contribution in [0.4, 0.5) is 11.6 Å². The van der Waals surface area contributed by atoms with Crippen LogP contribution in [0.3, 0.4) is 0 Å². The molecule has 1 aliphatic heterocycles. The smallest absolute Gasteiger partial charge is 0.277 e. The third-order valence-corrected chi connectivity index (χ3v) is 9.81. The molecule has 3 aliphatic carbocycles. The zero-order valence-electron chi connectivity index (χ0n) is 28.1. The molecule has 258 valence electrons. The number of benzene rings is 2. The Bertz CT molecular complexity index is 1880. The topological polar surface area (TPSA) is 147 Å². The summed E-state index contributed by atoms with van der Waals surface area (Å²) in [4.78, 5) is 57.2. The Morgan fingerprint density at radius 2 is 1.64 bits per heavy atom. The first-order valence-corrected chi connectivity index (χ1v) is 17.7. The molecule has 0 radical (unpaired) electrons. The second-order valence-corrected chi connectivity index (χ2v) is 13.8. The number of imidazole rings is 1. The minimum Gasteiger partial charge on any atom is -0.366 e. The molecular formula is C38H42N8O4. The van der Waals surface area contributed by atoms with Crippen molar-refractivity contribution in [2.24, 2.45) is 0 Å². The van der Waals surface area contributed by atoms with Crippen molar-refractivity contribution >= 4 is 29.4 Å². The van der Waals surface area contributed by atoms with Gasteiger partial charge in [0.15, 0.2) is 5.82 Å². The van der Waals surface area contributed by atoms with Crippen molar-refractivity contribution in [2.75, 3.05) is 16.8 Å². The van der Waals surface area contributed by atoms with Gasteiger partial charge in [-0.3, -0.25) is 19.3 Å². The minimum absolute atomic E-state index is 0.0362. The Morgan fingerprint density at radius 3 is 2.28 bits per heavy atom. The molecule has 1 unspecified atom stereocenters. The Morgan fingerprint density at radius 1 is 0.940 bits per heavy atom. The van der Waals surface area contributed by atoms with E-state index in [9.17, 15) is 19.5 Å². The van der Waals surface area contributed by atoms with Gasteiger partial charge in [-0.1, -0.05) is 37.3 Å². The molecule has 2 aromatic heterocycles. The number of anilines is 2. The van der Waals surface area contributed by atoms with Crippen LogP contribution in [0.25, 0.3) is 11.4 Å². The van der Waals surface area contributed by atoms with Gasteiger partial charge in [0.1, 0.15) is 17.3 Å². The summed E-state index contributed by atoms with van der Waals surface area (Å²) in [5.41, 5.74) is 4.23. The van der Waals surface area contributed by atoms with Crippen molar-refractivity contribution in [3.8, 4) is 11.4 Å². The molecule has 0 saturated heterocycles. The van der Waals surface area contributed by atoms with Crippen LogP contribution in [-0.2, 0) is 13.1 Å². The van der Waals surface area contributed by atoms with Crippen LogP contribution in [0.1, 0.15) is 94.2 Å². The van der Waals surface area contributed by atoms with Gasteiger partial charge < -0.3 is 30.5 Å². The number of aromatic amines is 1. The number of hydrogen-bond acceptors (Lipinski definition) is 8. The molecule has 2 aromatic carbocycles. The number of carbonyl (C=O) groups excluding carboxylic acids is 3. The van der Waals surface area contributed by atoms with Crippen molar-refractivity contribution in [1.29, 1.82) is 0 Å². The van der Waals surface area contributed by atoms with Crippen LogP contribution in [-0.4, -0.2) is 78.6 Å². The van der Waals surface area contributed by atoms with E-state index in [4.69, 9.17) is 4.98 Å². The predicted molar refractivity (Wildman–Crippen MR) is 188 cm³/mol. The van der Waals surface area contributed by atoms with Gasteiger partial charge in [0.2, 0.25) is 6.35 Å². The Kier molecular flexibility index (Phi) is 8.47. The lowest BCUT2D eigenvalue weighted by Gasteiger charge is -2.40. The molecule has 4 aliphatic rings. The number of nitrogens with one attached hydrogen (secondary N) is 3. The molecule has 4 N–H and O–H groups in total. The van der Waals surface area contributed by atoms with Gasteiger partial charge in [-0.05, 0) is 86.4 Å². The molecule has 3 saturated carbocycles. The first kappa shape index (κ1) is 32.0. The maximum atomic E-state index is 13.2. The van der Waals surface area contributed by atoms with Gasteiger partial charge in [0, 0.05) is 60.6 Å². The quantitative estimate of drug-likeness (QED) is 0.157. The summed E-state index contributed by atoms with van der Waals surface area (Å²) in [7, 11) is 0. The summed E-state index contributed by atoms with van der Waals surface area (Å²) in [6.45, 7) is 3.55. The number of pyridine rings is 1. The van der Waals surface area contributed by atoms with E-state index in [0.29, 0.717) is 66.0 Å². The van der Waals surface area contributed by atoms with Gasteiger partial charge in [0.25, 0.3) is 17.7 Å². The molecule has 1 atom stereocenters. The molecule has 12 nitrogen and oxygen atoms in total. The fraction of sp³-hybridized carbons (Fsp3) is 0.395. The van der Waals surface area contributed by atoms with Crippen LogP contribution >= 0.6 is 0 Å². The number of aliphatic hydroxyl groups excluding tert-OH is 1. The predicted octanol–water partition coefficient (Wildman–Crippen LogP) is 4.89. The largest absolute Gasteiger partial charge is 0.366 e. The molecule has 0 bridgehead atoms. The third-order valence-electron chi connectivity index (χ3n) is 9.81. The van der Waals surface area contributed by atoms with Crippen LogP contribution in [0.2, 0.25) is 0 Å². The molecule has 0 spiro atoms. The Balaban J connectivity index is 0.848. The minimum atomic E-state index is -1.01. The Labute approximate surface area is 290 Å². The number of amides is 3. The second-order valence-electron chi connectivity index (χ2n) is 13.8. The summed E-state index contributed by atoms with van der Waals surface area (Å²) in [5, 5.41) is 17.3. The zero-order chi connectivity index (χ0) is 34.4. The fourth-order valence-electron chi connectivity index (χ4n) is 6.69. The van der Waals surface area contributed by atoms with Gasteiger partial charge in [-0.25, -0.2) is 9.97 Å². The zero-order valence-corrected chi connectivity index (χ0v) is 28.1. The number of rotatable bonds is 13. The van der Waals surface area contributed by atoms with E-state index in [1.54, 1.807) is 40.3 Å². The van der Waals surface area contributed by atoms with Gasteiger partial charge in [0.05, 0.1) is 0 Å². The highest BCUT2D eigenvalue weighted by atomic mass is 16.3. The molecule has 3 fully saturated rings. The van der Waals surface area contributed by atoms with Crippen molar-refractivity contribution < 1.29 is 19.5 Å². The summed E-state index contributed by atoms with van der Waals surface area (Å²) in [6, 6.07) is 19.6. The monoisotopic (exact) mass is 674 g/mol. The van der Waals surface area contributed by atoms with Gasteiger partial charge in [-0.2, -0.15) is 0 Å². The first-order valence-electron chi connectivity index (χ1n) is 17.7. The number of aliphatic hydroxyl groups is 1. The normalized spacial score (nSPS) is 18.5. The highest BCUT2D eigenvalue weighted by Gasteiger charge is 2.46. The summed E-state index contributed by atoms with van der Waals surface area (Å²) < 4.78 is 0.